The van der Waals surface area contributed by atoms with Crippen LogP contribution >= 0.6 is 11.6 Å². The topological polar surface area (TPSA) is 68.7 Å². The minimum atomic E-state index is -1.08. The number of carbonyl (C=O) groups is 1. The first-order valence-electron chi connectivity index (χ1n) is 4.59. The van der Waals surface area contributed by atoms with E-state index in [0.717, 1.165) is 0 Å². The average Bonchev–Trinajstić information content (AvgIpc) is 2.16. The standard InChI is InChI=1S/C10H12ClNO4/c1-6(5-15-2)16-9-4-7(10(13)14)3-8(11)12-9/h3-4,6H,5H2,1-2H3,(H,13,14). The molecule has 0 aliphatic heterocycles. The molecular formula is C10H12ClNO4. The van der Waals surface area contributed by atoms with E-state index in [1.807, 2.05) is 0 Å². The summed E-state index contributed by atoms with van der Waals surface area (Å²) < 4.78 is 10.2. The van der Waals surface area contributed by atoms with Gasteiger partial charge in [0.2, 0.25) is 5.88 Å². The molecule has 0 radical (unpaired) electrons. The maximum absolute atomic E-state index is 10.8. The zero-order chi connectivity index (χ0) is 12.1. The van der Waals surface area contributed by atoms with Gasteiger partial charge in [0.15, 0.2) is 0 Å². The Hall–Kier alpha value is -1.33. The number of hydrogen-bond acceptors (Lipinski definition) is 4. The Morgan fingerprint density at radius 2 is 2.31 bits per heavy atom. The molecule has 1 heterocycles. The molecule has 5 nitrogen and oxygen atoms in total. The van der Waals surface area contributed by atoms with Gasteiger partial charge in [0.1, 0.15) is 11.3 Å². The van der Waals surface area contributed by atoms with E-state index in [4.69, 9.17) is 26.2 Å². The number of methoxy groups -OCH3 is 1. The lowest BCUT2D eigenvalue weighted by atomic mass is 10.3. The predicted molar refractivity (Wildman–Crippen MR) is 58.2 cm³/mol. The highest BCUT2D eigenvalue weighted by Gasteiger charge is 2.10. The summed E-state index contributed by atoms with van der Waals surface area (Å²) in [6.45, 7) is 2.17. The van der Waals surface area contributed by atoms with E-state index in [2.05, 4.69) is 4.98 Å². The van der Waals surface area contributed by atoms with Crippen molar-refractivity contribution in [3.05, 3.63) is 22.8 Å². The first kappa shape index (κ1) is 12.7. The quantitative estimate of drug-likeness (QED) is 0.802. The molecule has 0 fully saturated rings. The molecule has 1 N–H and O–H groups in total. The molecule has 0 saturated heterocycles. The third-order valence-corrected chi connectivity index (χ3v) is 1.93. The minimum Gasteiger partial charge on any atom is -0.478 e. The lowest BCUT2D eigenvalue weighted by Crippen LogP contribution is -2.18. The van der Waals surface area contributed by atoms with Crippen LogP contribution in [0.15, 0.2) is 12.1 Å². The highest BCUT2D eigenvalue weighted by atomic mass is 35.5. The normalized spacial score (nSPS) is 12.2. The van der Waals surface area contributed by atoms with Gasteiger partial charge in [0, 0.05) is 13.2 Å². The zero-order valence-corrected chi connectivity index (χ0v) is 9.69. The molecule has 16 heavy (non-hydrogen) atoms. The van der Waals surface area contributed by atoms with E-state index >= 15 is 0 Å². The number of carboxylic acid groups (broad SMARTS) is 1. The molecule has 0 aromatic carbocycles. The summed E-state index contributed by atoms with van der Waals surface area (Å²) in [6, 6.07) is 2.58. The summed E-state index contributed by atoms with van der Waals surface area (Å²) in [5.41, 5.74) is 0.0413. The lowest BCUT2D eigenvalue weighted by molar-refractivity contribution is 0.0693. The fraction of sp³-hybridized carbons (Fsp3) is 0.400. The van der Waals surface area contributed by atoms with Crippen LogP contribution in [-0.2, 0) is 4.74 Å². The number of halogens is 1. The molecule has 0 bridgehead atoms. The molecule has 6 heteroatoms. The highest BCUT2D eigenvalue weighted by molar-refractivity contribution is 6.29. The van der Waals surface area contributed by atoms with Crippen LogP contribution in [0.5, 0.6) is 5.88 Å². The van der Waals surface area contributed by atoms with Gasteiger partial charge in [-0.05, 0) is 13.0 Å². The van der Waals surface area contributed by atoms with Crippen molar-refractivity contribution in [2.75, 3.05) is 13.7 Å². The Kier molecular flexibility index (Phi) is 4.52. The molecule has 1 unspecified atom stereocenters. The van der Waals surface area contributed by atoms with Crippen molar-refractivity contribution in [1.82, 2.24) is 4.98 Å². The number of ether oxygens (including phenoxy) is 2. The number of aromatic carboxylic acids is 1. The van der Waals surface area contributed by atoms with Crippen LogP contribution in [0.25, 0.3) is 0 Å². The smallest absolute Gasteiger partial charge is 0.335 e. The van der Waals surface area contributed by atoms with Gasteiger partial charge in [0.25, 0.3) is 0 Å². The van der Waals surface area contributed by atoms with Gasteiger partial charge < -0.3 is 14.6 Å². The van der Waals surface area contributed by atoms with E-state index < -0.39 is 5.97 Å². The number of aromatic nitrogens is 1. The van der Waals surface area contributed by atoms with Crippen LogP contribution in [0.1, 0.15) is 17.3 Å². The Balaban J connectivity index is 2.84. The third-order valence-electron chi connectivity index (χ3n) is 1.74. The van der Waals surface area contributed by atoms with Crippen LogP contribution in [-0.4, -0.2) is 35.9 Å². The molecule has 0 saturated carbocycles. The van der Waals surface area contributed by atoms with Gasteiger partial charge in [-0.3, -0.25) is 0 Å². The van der Waals surface area contributed by atoms with Crippen molar-refractivity contribution in [2.24, 2.45) is 0 Å². The van der Waals surface area contributed by atoms with Crippen molar-refractivity contribution in [3.8, 4) is 5.88 Å². The van der Waals surface area contributed by atoms with Crippen molar-refractivity contribution in [1.29, 1.82) is 0 Å². The van der Waals surface area contributed by atoms with Gasteiger partial charge in [-0.15, -0.1) is 0 Å². The summed E-state index contributed by atoms with van der Waals surface area (Å²) in [7, 11) is 1.55. The van der Waals surface area contributed by atoms with Crippen molar-refractivity contribution >= 4 is 17.6 Å². The maximum Gasteiger partial charge on any atom is 0.335 e. The minimum absolute atomic E-state index is 0.0413. The number of rotatable bonds is 5. The molecule has 88 valence electrons. The van der Waals surface area contributed by atoms with Gasteiger partial charge in [0.05, 0.1) is 12.2 Å². The maximum atomic E-state index is 10.8. The van der Waals surface area contributed by atoms with Gasteiger partial charge in [-0.1, -0.05) is 11.6 Å². The predicted octanol–water partition coefficient (Wildman–Crippen LogP) is 1.85. The van der Waals surface area contributed by atoms with Gasteiger partial charge in [-0.2, -0.15) is 0 Å². The second-order valence-electron chi connectivity index (χ2n) is 3.21. The van der Waals surface area contributed by atoms with Crippen LogP contribution in [0, 0.1) is 0 Å². The van der Waals surface area contributed by atoms with E-state index in [0.29, 0.717) is 6.61 Å². The Labute approximate surface area is 98.0 Å². The summed E-state index contributed by atoms with van der Waals surface area (Å²) in [6.07, 6.45) is -0.224. The number of carboxylic acids is 1. The number of hydrogen-bond donors (Lipinski definition) is 1. The monoisotopic (exact) mass is 245 g/mol. The summed E-state index contributed by atoms with van der Waals surface area (Å²) in [4.78, 5) is 14.6. The Bertz CT molecular complexity index is 383. The first-order valence-corrected chi connectivity index (χ1v) is 4.97. The SMILES string of the molecule is COCC(C)Oc1cc(C(=O)O)cc(Cl)n1. The van der Waals surface area contributed by atoms with Crippen molar-refractivity contribution in [2.45, 2.75) is 13.0 Å². The molecular weight excluding hydrogens is 234 g/mol. The molecule has 1 atom stereocenters. The van der Waals surface area contributed by atoms with Crippen LogP contribution in [0.3, 0.4) is 0 Å². The molecule has 0 aliphatic carbocycles. The van der Waals surface area contributed by atoms with Crippen LogP contribution in [0.2, 0.25) is 5.15 Å². The van der Waals surface area contributed by atoms with Gasteiger partial charge in [-0.25, -0.2) is 9.78 Å². The van der Waals surface area contributed by atoms with Crippen molar-refractivity contribution < 1.29 is 19.4 Å². The lowest BCUT2D eigenvalue weighted by Gasteiger charge is -2.13. The average molecular weight is 246 g/mol. The Morgan fingerprint density at radius 3 is 2.88 bits per heavy atom. The largest absolute Gasteiger partial charge is 0.478 e. The summed E-state index contributed by atoms with van der Waals surface area (Å²) >= 11 is 5.67. The summed E-state index contributed by atoms with van der Waals surface area (Å²) in [5.74, 6) is -0.900. The zero-order valence-electron chi connectivity index (χ0n) is 8.94. The van der Waals surface area contributed by atoms with Crippen molar-refractivity contribution in [3.63, 3.8) is 0 Å². The van der Waals surface area contributed by atoms with E-state index in [1.54, 1.807) is 14.0 Å². The van der Waals surface area contributed by atoms with E-state index in [9.17, 15) is 4.79 Å². The molecule has 1 rings (SSSR count). The Morgan fingerprint density at radius 1 is 1.62 bits per heavy atom. The fourth-order valence-electron chi connectivity index (χ4n) is 1.13. The second kappa shape index (κ2) is 5.67. The molecule has 0 aliphatic rings. The molecule has 1 aromatic rings. The van der Waals surface area contributed by atoms with E-state index in [1.165, 1.54) is 12.1 Å². The van der Waals surface area contributed by atoms with Gasteiger partial charge >= 0.3 is 5.97 Å². The third kappa shape index (κ3) is 3.67. The molecule has 1 aromatic heterocycles. The first-order chi connectivity index (χ1) is 7.52. The summed E-state index contributed by atoms with van der Waals surface area (Å²) in [5, 5.41) is 8.89. The molecule has 0 amide bonds. The number of pyridine rings is 1. The fourth-order valence-corrected chi connectivity index (χ4v) is 1.33. The van der Waals surface area contributed by atoms with Crippen LogP contribution in [0.4, 0.5) is 0 Å². The number of nitrogens with zero attached hydrogens (tertiary/aromatic N) is 1. The second-order valence-corrected chi connectivity index (χ2v) is 3.59. The molecule has 0 spiro atoms. The highest BCUT2D eigenvalue weighted by Crippen LogP contribution is 2.17. The van der Waals surface area contributed by atoms with Crippen LogP contribution < -0.4 is 4.74 Å². The van der Waals surface area contributed by atoms with E-state index in [-0.39, 0.29) is 22.7 Å².